The minimum Gasteiger partial charge on any atom is -0.503 e. The van der Waals surface area contributed by atoms with E-state index in [9.17, 15) is 0 Å². The van der Waals surface area contributed by atoms with Gasteiger partial charge in [-0.25, -0.2) is 4.98 Å². The zero-order valence-electron chi connectivity index (χ0n) is 27.3. The van der Waals surface area contributed by atoms with E-state index in [-0.39, 0.29) is 26.5 Å². The number of pyridine rings is 3. The molecule has 0 aliphatic rings. The van der Waals surface area contributed by atoms with Crippen molar-refractivity contribution >= 4 is 54.4 Å². The van der Waals surface area contributed by atoms with Crippen molar-refractivity contribution in [3.63, 3.8) is 0 Å². The Balaban J connectivity index is 0.00000351. The summed E-state index contributed by atoms with van der Waals surface area (Å²) in [5.74, 6) is 2.49. The van der Waals surface area contributed by atoms with Crippen LogP contribution in [0.1, 0.15) is 57.2 Å². The molecule has 0 N–H and O–H groups in total. The number of para-hydroxylation sites is 1. The Morgan fingerprint density at radius 3 is 2.32 bits per heavy atom. The summed E-state index contributed by atoms with van der Waals surface area (Å²) < 4.78 is 8.70. The fourth-order valence-electron chi connectivity index (χ4n) is 6.52. The molecule has 5 nitrogen and oxygen atoms in total. The minimum atomic E-state index is -0.0146. The van der Waals surface area contributed by atoms with E-state index in [0.717, 1.165) is 65.8 Å². The fraction of sp³-hybridized carbons (Fsp3) is 0.195. The van der Waals surface area contributed by atoms with Gasteiger partial charge in [0, 0.05) is 35.6 Å². The molecule has 0 spiro atoms. The predicted octanol–water partition coefficient (Wildman–Crippen LogP) is 10.5. The molecular formula is C41H34N4OPt. The Morgan fingerprint density at radius 1 is 0.766 bits per heavy atom. The summed E-state index contributed by atoms with van der Waals surface area (Å²) in [5, 5.41) is 6.33. The number of ether oxygens (including phenoxy) is 1. The van der Waals surface area contributed by atoms with Crippen LogP contribution in [-0.2, 0) is 26.5 Å². The first-order chi connectivity index (χ1) is 22.2. The van der Waals surface area contributed by atoms with Crippen LogP contribution in [0.3, 0.4) is 0 Å². The van der Waals surface area contributed by atoms with Crippen LogP contribution in [0.25, 0.3) is 60.2 Å². The number of nitrogens with zero attached hydrogens (tertiary/aromatic N) is 4. The van der Waals surface area contributed by atoms with Crippen LogP contribution < -0.4 is 4.74 Å². The molecular weight excluding hydrogens is 760 g/mol. The van der Waals surface area contributed by atoms with Crippen LogP contribution in [0, 0.1) is 19.1 Å². The summed E-state index contributed by atoms with van der Waals surface area (Å²) in [5.41, 5.74) is 7.38. The Kier molecular flexibility index (Phi) is 7.64. The molecule has 0 atom stereocenters. The van der Waals surface area contributed by atoms with Gasteiger partial charge in [-0.2, -0.15) is 6.07 Å². The molecule has 0 saturated carbocycles. The van der Waals surface area contributed by atoms with Gasteiger partial charge in [0.2, 0.25) is 0 Å². The molecule has 6 heteroatoms. The number of fused-ring (bicyclic) bond motifs is 8. The maximum Gasteiger partial charge on any atom is 2.00 e. The zero-order valence-corrected chi connectivity index (χ0v) is 29.5. The third kappa shape index (κ3) is 5.27. The van der Waals surface area contributed by atoms with Gasteiger partial charge in [0.25, 0.3) is 0 Å². The molecule has 4 aromatic heterocycles. The number of hydrogen-bond donors (Lipinski definition) is 0. The van der Waals surface area contributed by atoms with E-state index in [1.54, 1.807) is 0 Å². The Bertz CT molecular complexity index is 2490. The van der Waals surface area contributed by atoms with E-state index in [1.165, 1.54) is 11.1 Å². The van der Waals surface area contributed by atoms with Crippen molar-refractivity contribution in [3.8, 4) is 17.3 Å². The second-order valence-corrected chi connectivity index (χ2v) is 13.5. The molecule has 4 aromatic carbocycles. The van der Waals surface area contributed by atoms with Crippen molar-refractivity contribution in [1.29, 1.82) is 0 Å². The molecule has 0 radical (unpaired) electrons. The van der Waals surface area contributed by atoms with Crippen LogP contribution >= 0.6 is 0 Å². The van der Waals surface area contributed by atoms with E-state index in [2.05, 4.69) is 119 Å². The minimum absolute atomic E-state index is 0. The monoisotopic (exact) mass is 793 g/mol. The summed E-state index contributed by atoms with van der Waals surface area (Å²) in [6.45, 7) is 13.1. The quantitative estimate of drug-likeness (QED) is 0.132. The Hall–Kier alpha value is -4.60. The first kappa shape index (κ1) is 31.0. The van der Waals surface area contributed by atoms with Crippen molar-refractivity contribution in [3.05, 3.63) is 120 Å². The molecule has 0 aliphatic carbocycles. The van der Waals surface area contributed by atoms with Crippen molar-refractivity contribution in [1.82, 2.24) is 19.5 Å². The van der Waals surface area contributed by atoms with Gasteiger partial charge >= 0.3 is 21.1 Å². The molecule has 0 amide bonds. The van der Waals surface area contributed by atoms with Crippen LogP contribution in [0.2, 0.25) is 0 Å². The third-order valence-corrected chi connectivity index (χ3v) is 9.00. The van der Waals surface area contributed by atoms with Crippen LogP contribution in [0.4, 0.5) is 0 Å². The summed E-state index contributed by atoms with van der Waals surface area (Å²) in [7, 11) is 0. The van der Waals surface area contributed by atoms with Gasteiger partial charge in [-0.05, 0) is 63.9 Å². The Labute approximate surface area is 288 Å². The number of benzene rings is 4. The molecule has 8 aromatic rings. The average Bonchev–Trinajstić information content (AvgIpc) is 3.37. The number of aromatic nitrogens is 4. The molecule has 4 heterocycles. The Morgan fingerprint density at radius 2 is 1.51 bits per heavy atom. The average molecular weight is 794 g/mol. The maximum atomic E-state index is 6.51. The van der Waals surface area contributed by atoms with Crippen molar-refractivity contribution in [2.24, 2.45) is 0 Å². The first-order valence-electron chi connectivity index (χ1n) is 15.8. The second-order valence-electron chi connectivity index (χ2n) is 13.5. The molecule has 47 heavy (non-hydrogen) atoms. The third-order valence-electron chi connectivity index (χ3n) is 9.00. The van der Waals surface area contributed by atoms with Gasteiger partial charge in [-0.3, -0.25) is 9.97 Å². The SMILES string of the molecule is Cc1cnc(-n2c3[c-]c(Oc4[c-]c5c(cc4)ccc4cnc6cc(C(C)(C)C)cnc6c45)ccc3c3ccccc32)cc1C(C)C.[Pt+2]. The van der Waals surface area contributed by atoms with Gasteiger partial charge in [-0.1, -0.05) is 81.9 Å². The topological polar surface area (TPSA) is 52.8 Å². The van der Waals surface area contributed by atoms with Crippen molar-refractivity contribution in [2.45, 2.75) is 52.9 Å². The van der Waals surface area contributed by atoms with E-state index < -0.39 is 0 Å². The van der Waals surface area contributed by atoms with Crippen LogP contribution in [0.15, 0.2) is 91.4 Å². The molecule has 0 bridgehead atoms. The van der Waals surface area contributed by atoms with Crippen LogP contribution in [-0.4, -0.2) is 19.5 Å². The largest absolute Gasteiger partial charge is 2.00 e. The summed E-state index contributed by atoms with van der Waals surface area (Å²) >= 11 is 0. The van der Waals surface area contributed by atoms with Gasteiger partial charge < -0.3 is 9.30 Å². The fourth-order valence-corrected chi connectivity index (χ4v) is 6.52. The van der Waals surface area contributed by atoms with E-state index in [1.807, 2.05) is 30.7 Å². The van der Waals surface area contributed by atoms with E-state index in [4.69, 9.17) is 19.7 Å². The number of hydrogen-bond acceptors (Lipinski definition) is 4. The first-order valence-corrected chi connectivity index (χ1v) is 15.8. The predicted molar refractivity (Wildman–Crippen MR) is 188 cm³/mol. The second kappa shape index (κ2) is 11.6. The summed E-state index contributed by atoms with van der Waals surface area (Å²) in [6, 6.07) is 32.3. The normalized spacial score (nSPS) is 12.1. The van der Waals surface area contributed by atoms with Gasteiger partial charge in [0.15, 0.2) is 0 Å². The molecule has 234 valence electrons. The van der Waals surface area contributed by atoms with Gasteiger partial charge in [-0.15, -0.1) is 40.4 Å². The molecule has 8 rings (SSSR count). The van der Waals surface area contributed by atoms with E-state index >= 15 is 0 Å². The van der Waals surface area contributed by atoms with Crippen molar-refractivity contribution < 1.29 is 25.8 Å². The van der Waals surface area contributed by atoms with Crippen molar-refractivity contribution in [2.75, 3.05) is 0 Å². The molecule has 0 unspecified atom stereocenters. The number of aryl methyl sites for hydroxylation is 1. The number of rotatable bonds is 4. The summed E-state index contributed by atoms with van der Waals surface area (Å²) in [4.78, 5) is 14.5. The molecule has 0 fully saturated rings. The smallest absolute Gasteiger partial charge is 0.503 e. The van der Waals surface area contributed by atoms with Crippen LogP contribution in [0.5, 0.6) is 11.5 Å². The van der Waals surface area contributed by atoms with E-state index in [0.29, 0.717) is 17.4 Å². The summed E-state index contributed by atoms with van der Waals surface area (Å²) in [6.07, 6.45) is 5.87. The molecule has 0 aliphatic heterocycles. The zero-order chi connectivity index (χ0) is 31.7. The van der Waals surface area contributed by atoms with Gasteiger partial charge in [0.1, 0.15) is 5.82 Å². The standard InChI is InChI=1S/C41H34N4O.Pt/c1-24(2)33-20-38(43-21-25(33)3)45-36-10-8-7-9-31(36)32-16-15-30(19-37(32)45)46-29-14-13-26-11-12-27-22-42-35-17-28(41(4,5)6)23-44-40(35)39(27)34(26)18-29;/h7-17,20-24H,1-6H3;/q-2;+2. The molecule has 0 saturated heterocycles. The van der Waals surface area contributed by atoms with Gasteiger partial charge in [0.05, 0.1) is 11.0 Å². The maximum absolute atomic E-state index is 6.51.